The van der Waals surface area contributed by atoms with Gasteiger partial charge in [0.2, 0.25) is 0 Å². The number of carboxylic acid groups (broad SMARTS) is 1. The number of aryl methyl sites for hydroxylation is 1. The lowest BCUT2D eigenvalue weighted by Crippen LogP contribution is -2.35. The third-order valence-corrected chi connectivity index (χ3v) is 18.2. The van der Waals surface area contributed by atoms with E-state index in [0.717, 1.165) is 184 Å². The molecule has 12 aromatic rings. The first kappa shape index (κ1) is 71.3. The Bertz CT molecular complexity index is 4320. The molecule has 4 aliphatic heterocycles. The number of aromatic carboxylic acids is 1. The van der Waals surface area contributed by atoms with E-state index < -0.39 is 5.97 Å². The van der Waals surface area contributed by atoms with Crippen molar-refractivity contribution in [3.63, 3.8) is 0 Å². The number of alkyl halides is 1. The molecule has 6 aromatic heterocycles. The number of hydrogen-bond donors (Lipinski definition) is 3. The van der Waals surface area contributed by atoms with Crippen molar-refractivity contribution in [3.8, 4) is 0 Å². The summed E-state index contributed by atoms with van der Waals surface area (Å²) in [5.74, 6) is -1.15. The lowest BCUT2D eigenvalue weighted by molar-refractivity contribution is 0.0342. The van der Waals surface area contributed by atoms with Gasteiger partial charge in [-0.3, -0.25) is 28.9 Å². The van der Waals surface area contributed by atoms with Gasteiger partial charge in [-0.25, -0.2) is 4.79 Å². The number of anilines is 1. The lowest BCUT2D eigenvalue weighted by Gasteiger charge is -2.26. The van der Waals surface area contributed by atoms with Crippen molar-refractivity contribution in [2.24, 2.45) is 0 Å². The highest BCUT2D eigenvalue weighted by Crippen LogP contribution is 2.30. The molecule has 4 aliphatic rings. The summed E-state index contributed by atoms with van der Waals surface area (Å²) >= 11 is 10.2. The highest BCUT2D eigenvalue weighted by Gasteiger charge is 2.19. The number of nitrogens with zero attached hydrogens (tertiary/aromatic N) is 7. The average molecular weight is 1520 g/mol. The van der Waals surface area contributed by atoms with Crippen LogP contribution in [-0.4, -0.2) is 156 Å². The second-order valence-electron chi connectivity index (χ2n) is 23.8. The Morgan fingerprint density at radius 2 is 0.878 bits per heavy atom. The summed E-state index contributed by atoms with van der Waals surface area (Å²) in [4.78, 5) is 30.5. The van der Waals surface area contributed by atoms with Crippen LogP contribution in [0.5, 0.6) is 0 Å². The molecule has 3 N–H and O–H groups in total. The molecule has 1 amide bonds. The number of nitrogens with one attached hydrogen (secondary N) is 2. The summed E-state index contributed by atoms with van der Waals surface area (Å²) in [5, 5.41) is 28.6. The molecule has 0 atom stereocenters. The molecule has 10 heterocycles. The van der Waals surface area contributed by atoms with Crippen molar-refractivity contribution in [1.29, 1.82) is 0 Å². The van der Waals surface area contributed by atoms with Gasteiger partial charge in [0.05, 0.1) is 115 Å². The number of halogens is 3. The minimum atomic E-state index is -0.950. The molecule has 4 saturated heterocycles. The molecule has 23 heteroatoms. The van der Waals surface area contributed by atoms with E-state index in [-0.39, 0.29) is 11.5 Å². The van der Waals surface area contributed by atoms with Gasteiger partial charge in [-0.2, -0.15) is 10.2 Å². The zero-order valence-corrected chi connectivity index (χ0v) is 59.4. The van der Waals surface area contributed by atoms with Gasteiger partial charge in [0.1, 0.15) is 22.3 Å². The predicted octanol–water partition coefficient (Wildman–Crippen LogP) is 14.7. The maximum Gasteiger partial charge on any atom is 0.338 e. The number of fused-ring (bicyclic) bond motifs is 4. The second-order valence-corrected chi connectivity index (χ2v) is 26.2. The number of aromatic nitrogens is 4. The van der Waals surface area contributed by atoms with Gasteiger partial charge >= 0.3 is 5.97 Å². The fraction of sp³-hybridized carbons (Fsp3) is 0.307. The summed E-state index contributed by atoms with van der Waals surface area (Å²) in [6.45, 7) is 20.7. The third kappa shape index (κ3) is 21.0. The van der Waals surface area contributed by atoms with Crippen LogP contribution >= 0.6 is 47.8 Å². The predicted molar refractivity (Wildman–Crippen MR) is 390 cm³/mol. The van der Waals surface area contributed by atoms with Crippen molar-refractivity contribution >= 4 is 109 Å². The lowest BCUT2D eigenvalue weighted by atomic mass is 10.1. The highest BCUT2D eigenvalue weighted by atomic mass is 79.9. The smallest absolute Gasteiger partial charge is 0.338 e. The van der Waals surface area contributed by atoms with Crippen molar-refractivity contribution in [3.05, 3.63) is 242 Å². The maximum absolute atomic E-state index is 12.7. The van der Waals surface area contributed by atoms with Gasteiger partial charge in [-0.15, -0.1) is 0 Å². The fourth-order valence-electron chi connectivity index (χ4n) is 11.3. The number of ether oxygens (including phenoxy) is 4. The number of hydrogen-bond acceptors (Lipinski definition) is 16. The molecule has 512 valence electrons. The Morgan fingerprint density at radius 3 is 1.31 bits per heavy atom. The minimum absolute atomic E-state index is 0.196. The molecular formula is C75H80Br3N9O11. The largest absolute Gasteiger partial charge is 0.478 e. The first-order valence-corrected chi connectivity index (χ1v) is 35.4. The Hall–Kier alpha value is -8.04. The van der Waals surface area contributed by atoms with E-state index in [1.165, 1.54) is 50.8 Å². The monoisotopic (exact) mass is 1520 g/mol. The Morgan fingerprint density at radius 1 is 0.480 bits per heavy atom. The SMILES string of the molecule is BrCc1coc2cc(Br)ccc12.Brc1ccc2c(CN3CCOCC3)coc2c1.C1COCCN1.Cc1ccc2c(CN3CCOCC3)coc2c1.O=C(Nc1ccc2c(CN3CCOCC3)coc2c1)c1cnn(Cc2ccccc2)c1.O=C(O)c1cnn(Cc2ccccc2)c1. The average Bonchev–Trinajstić information content (AvgIpc) is 1.69. The van der Waals surface area contributed by atoms with E-state index in [9.17, 15) is 9.59 Å². The van der Waals surface area contributed by atoms with Crippen molar-refractivity contribution < 1.29 is 51.3 Å². The number of carbonyl (C=O) groups excluding carboxylic acids is 1. The number of benzene rings is 6. The highest BCUT2D eigenvalue weighted by molar-refractivity contribution is 9.10. The van der Waals surface area contributed by atoms with E-state index in [1.54, 1.807) is 34.3 Å². The summed E-state index contributed by atoms with van der Waals surface area (Å²) < 4.78 is 48.9. The summed E-state index contributed by atoms with van der Waals surface area (Å²) in [6, 6.07) is 44.2. The third-order valence-electron chi connectivity index (χ3n) is 16.6. The maximum atomic E-state index is 12.7. The number of furan rings is 4. The first-order chi connectivity index (χ1) is 48.0. The molecule has 98 heavy (non-hydrogen) atoms. The minimum Gasteiger partial charge on any atom is -0.478 e. The van der Waals surface area contributed by atoms with Gasteiger partial charge in [0, 0.05) is 154 Å². The van der Waals surface area contributed by atoms with E-state index in [2.05, 4.69) is 127 Å². The Kier molecular flexibility index (Phi) is 26.7. The summed E-state index contributed by atoms with van der Waals surface area (Å²) in [5.41, 5.74) is 13.4. The van der Waals surface area contributed by atoms with E-state index >= 15 is 0 Å². The van der Waals surface area contributed by atoms with Gasteiger partial charge in [0.15, 0.2) is 0 Å². The molecule has 0 unspecified atom stereocenters. The Labute approximate surface area is 594 Å². The van der Waals surface area contributed by atoms with Gasteiger partial charge in [-0.05, 0) is 78.2 Å². The van der Waals surface area contributed by atoms with Crippen LogP contribution in [0.4, 0.5) is 5.69 Å². The molecule has 6 aromatic carbocycles. The van der Waals surface area contributed by atoms with Crippen molar-refractivity contribution in [1.82, 2.24) is 39.6 Å². The number of carbonyl (C=O) groups is 2. The first-order valence-electron chi connectivity index (χ1n) is 32.7. The molecule has 0 saturated carbocycles. The molecule has 0 radical (unpaired) electrons. The fourth-order valence-corrected chi connectivity index (χ4v) is 12.4. The molecular weight excluding hydrogens is 1440 g/mol. The van der Waals surface area contributed by atoms with Crippen molar-refractivity contribution in [2.75, 3.05) is 111 Å². The molecule has 0 spiro atoms. The standard InChI is InChI=1S/C24H24N4O3.C14H17NO2.C13H14BrNO2.C11H10N2O2.C9H6Br2O.C4H9NO/c29-24(19-13-25-28(16-19)14-18-4-2-1-3-5-18)26-21-6-7-22-20(17-31-23(22)12-21)15-27-8-10-30-11-9-27;1-11-2-3-13-12(10-17-14(13)8-11)9-15-4-6-16-7-5-15;14-11-1-2-12-10(9-17-13(12)7-11)8-15-3-5-16-6-4-15;14-11(15)10-6-12-13(8-10)7-9-4-2-1-3-5-9;10-4-6-5-12-9-3-7(11)1-2-8(6)9;1-3-6-4-2-5-1/h1-7,12-13,16-17H,8-11,14-15H2,(H,26,29);2-3,8,10H,4-7,9H2,1H3;1-2,7,9H,3-6,8H2;1-6,8H,7H2,(H,14,15);1-3,5H,4H2;5H,1-4H2. The van der Waals surface area contributed by atoms with E-state index in [4.69, 9.17) is 41.7 Å². The van der Waals surface area contributed by atoms with Crippen LogP contribution in [-0.2, 0) is 57.0 Å². The molecule has 4 fully saturated rings. The van der Waals surface area contributed by atoms with Crippen molar-refractivity contribution in [2.45, 2.75) is 45.0 Å². The van der Waals surface area contributed by atoms with Gasteiger partial charge < -0.3 is 52.4 Å². The number of rotatable bonds is 14. The molecule has 20 nitrogen and oxygen atoms in total. The van der Waals surface area contributed by atoms with Crippen LogP contribution in [0.3, 0.4) is 0 Å². The summed E-state index contributed by atoms with van der Waals surface area (Å²) in [7, 11) is 0. The number of carboxylic acids is 1. The number of morpholine rings is 4. The Balaban J connectivity index is 0.000000126. The molecule has 0 bridgehead atoms. The zero-order chi connectivity index (χ0) is 67.8. The van der Waals surface area contributed by atoms with Crippen LogP contribution < -0.4 is 10.6 Å². The van der Waals surface area contributed by atoms with Gasteiger partial charge in [0.25, 0.3) is 5.91 Å². The van der Waals surface area contributed by atoms with E-state index in [1.807, 2.05) is 110 Å². The summed E-state index contributed by atoms with van der Waals surface area (Å²) in [6.07, 6.45) is 13.6. The van der Waals surface area contributed by atoms with Crippen LogP contribution in [0, 0.1) is 6.92 Å². The van der Waals surface area contributed by atoms with E-state index in [0.29, 0.717) is 24.3 Å². The second kappa shape index (κ2) is 36.7. The van der Waals surface area contributed by atoms with Crippen LogP contribution in [0.25, 0.3) is 43.9 Å². The molecule has 16 rings (SSSR count). The zero-order valence-electron chi connectivity index (χ0n) is 54.7. The van der Waals surface area contributed by atoms with Gasteiger partial charge in [-0.1, -0.05) is 121 Å². The normalized spacial score (nSPS) is 15.1. The molecule has 0 aliphatic carbocycles. The van der Waals surface area contributed by atoms with Crippen LogP contribution in [0.15, 0.2) is 210 Å². The van der Waals surface area contributed by atoms with Crippen LogP contribution in [0.1, 0.15) is 59.7 Å². The van der Waals surface area contributed by atoms with Crippen LogP contribution in [0.2, 0.25) is 0 Å². The number of amides is 1. The topological polar surface area (TPSA) is 213 Å². The quantitative estimate of drug-likeness (QED) is 0.0864.